The van der Waals surface area contributed by atoms with E-state index in [0.717, 1.165) is 0 Å². The van der Waals surface area contributed by atoms with Crippen LogP contribution in [0.15, 0.2) is 44.4 Å². The molecule has 0 fully saturated rings. The average Bonchev–Trinajstić information content (AvgIpc) is 2.84. The fraction of sp³-hybridized carbons (Fsp3) is 0.133. The molecule has 0 saturated heterocycles. The summed E-state index contributed by atoms with van der Waals surface area (Å²) >= 11 is 11.9. The number of fused-ring (bicyclic) bond motifs is 1. The molecule has 1 heterocycles. The topological polar surface area (TPSA) is 92.2 Å². The number of sulfonamides is 1. The van der Waals surface area contributed by atoms with Crippen LogP contribution in [-0.2, 0) is 16.6 Å². The molecule has 0 aliphatic heterocycles. The first kappa shape index (κ1) is 17.0. The zero-order valence-corrected chi connectivity index (χ0v) is 14.7. The van der Waals surface area contributed by atoms with Crippen LogP contribution in [0, 0.1) is 6.92 Å². The fourth-order valence-electron chi connectivity index (χ4n) is 2.29. The van der Waals surface area contributed by atoms with Crippen LogP contribution < -0.4 is 10.5 Å². The van der Waals surface area contributed by atoms with E-state index in [1.807, 2.05) is 0 Å². The van der Waals surface area contributed by atoms with Gasteiger partial charge in [0.1, 0.15) is 0 Å². The Balaban J connectivity index is 1.92. The van der Waals surface area contributed by atoms with E-state index in [1.165, 1.54) is 6.07 Å². The van der Waals surface area contributed by atoms with Crippen molar-refractivity contribution in [3.8, 4) is 0 Å². The summed E-state index contributed by atoms with van der Waals surface area (Å²) in [4.78, 5) is 13.7. The van der Waals surface area contributed by atoms with Gasteiger partial charge in [0.05, 0.1) is 10.4 Å². The number of aryl methyl sites for hydroxylation is 1. The summed E-state index contributed by atoms with van der Waals surface area (Å²) in [7, 11) is -3.82. The minimum absolute atomic E-state index is 0.00684. The highest BCUT2D eigenvalue weighted by Crippen LogP contribution is 2.23. The number of aromatic amines is 1. The molecule has 0 spiro atoms. The Kier molecular flexibility index (Phi) is 4.44. The minimum Gasteiger partial charge on any atom is -0.408 e. The molecule has 2 aromatic carbocycles. The van der Waals surface area contributed by atoms with Crippen LogP contribution in [-0.4, -0.2) is 13.4 Å². The summed E-state index contributed by atoms with van der Waals surface area (Å²) in [5, 5.41) is 0.837. The number of aromatic nitrogens is 1. The summed E-state index contributed by atoms with van der Waals surface area (Å²) in [6, 6.07) is 7.67. The van der Waals surface area contributed by atoms with E-state index >= 15 is 0 Å². The van der Waals surface area contributed by atoms with E-state index in [4.69, 9.17) is 27.6 Å². The van der Waals surface area contributed by atoms with E-state index < -0.39 is 15.8 Å². The van der Waals surface area contributed by atoms with Crippen molar-refractivity contribution in [1.29, 1.82) is 0 Å². The first-order valence-electron chi connectivity index (χ1n) is 6.83. The second-order valence-corrected chi connectivity index (χ2v) is 7.77. The lowest BCUT2D eigenvalue weighted by Gasteiger charge is -2.10. The molecule has 3 rings (SSSR count). The van der Waals surface area contributed by atoms with Crippen molar-refractivity contribution in [1.82, 2.24) is 9.71 Å². The van der Waals surface area contributed by atoms with Crippen LogP contribution in [0.3, 0.4) is 0 Å². The van der Waals surface area contributed by atoms with E-state index in [-0.39, 0.29) is 17.0 Å². The van der Waals surface area contributed by atoms with Gasteiger partial charge in [-0.15, -0.1) is 0 Å². The van der Waals surface area contributed by atoms with Gasteiger partial charge in [-0.05, 0) is 36.2 Å². The molecule has 0 aliphatic rings. The quantitative estimate of drug-likeness (QED) is 0.719. The van der Waals surface area contributed by atoms with E-state index in [9.17, 15) is 13.2 Å². The van der Waals surface area contributed by atoms with Gasteiger partial charge in [-0.1, -0.05) is 29.3 Å². The highest BCUT2D eigenvalue weighted by Gasteiger charge is 2.19. The Morgan fingerprint density at radius 2 is 1.96 bits per heavy atom. The minimum atomic E-state index is -3.82. The number of hydrogen-bond donors (Lipinski definition) is 2. The fourth-order valence-corrected chi connectivity index (χ4v) is 4.01. The molecule has 9 heteroatoms. The van der Waals surface area contributed by atoms with Crippen LogP contribution in [0.25, 0.3) is 11.1 Å². The molecule has 6 nitrogen and oxygen atoms in total. The number of benzene rings is 2. The summed E-state index contributed by atoms with van der Waals surface area (Å²) < 4.78 is 32.5. The molecule has 0 amide bonds. The maximum Gasteiger partial charge on any atom is 0.417 e. The van der Waals surface area contributed by atoms with Gasteiger partial charge in [0.15, 0.2) is 5.58 Å². The van der Waals surface area contributed by atoms with Gasteiger partial charge >= 0.3 is 5.76 Å². The van der Waals surface area contributed by atoms with Crippen molar-refractivity contribution in [2.45, 2.75) is 18.4 Å². The van der Waals surface area contributed by atoms with Gasteiger partial charge in [0, 0.05) is 22.7 Å². The van der Waals surface area contributed by atoms with Crippen molar-refractivity contribution in [2.75, 3.05) is 0 Å². The summed E-state index contributed by atoms with van der Waals surface area (Å²) in [5.41, 5.74) is 1.69. The van der Waals surface area contributed by atoms with Crippen molar-refractivity contribution in [2.24, 2.45) is 0 Å². The van der Waals surface area contributed by atoms with E-state index in [0.29, 0.717) is 26.7 Å². The van der Waals surface area contributed by atoms with Gasteiger partial charge in [0.2, 0.25) is 10.0 Å². The summed E-state index contributed by atoms with van der Waals surface area (Å²) in [5.74, 6) is -0.639. The molecule has 1 aromatic heterocycles. The molecule has 3 aromatic rings. The van der Waals surface area contributed by atoms with Gasteiger partial charge in [0.25, 0.3) is 0 Å². The summed E-state index contributed by atoms with van der Waals surface area (Å²) in [6.07, 6.45) is 0. The molecule has 0 unspecified atom stereocenters. The van der Waals surface area contributed by atoms with Crippen molar-refractivity contribution in [3.63, 3.8) is 0 Å². The Hall–Kier alpha value is -1.80. The van der Waals surface area contributed by atoms with Crippen molar-refractivity contribution in [3.05, 3.63) is 62.1 Å². The average molecular weight is 387 g/mol. The molecule has 0 bridgehead atoms. The largest absolute Gasteiger partial charge is 0.417 e. The zero-order chi connectivity index (χ0) is 17.5. The van der Waals surface area contributed by atoms with Crippen LogP contribution in [0.5, 0.6) is 0 Å². The lowest BCUT2D eigenvalue weighted by molar-refractivity contribution is 0.553. The molecular formula is C15H12Cl2N2O4S. The maximum atomic E-state index is 12.5. The number of oxazole rings is 1. The predicted molar refractivity (Wildman–Crippen MR) is 92.1 cm³/mol. The maximum absolute atomic E-state index is 12.5. The molecule has 2 N–H and O–H groups in total. The second kappa shape index (κ2) is 6.25. The Bertz CT molecular complexity index is 1090. The van der Waals surface area contributed by atoms with E-state index in [1.54, 1.807) is 31.2 Å². The zero-order valence-electron chi connectivity index (χ0n) is 12.4. The first-order chi connectivity index (χ1) is 11.3. The van der Waals surface area contributed by atoms with Crippen LogP contribution in [0.4, 0.5) is 0 Å². The lowest BCUT2D eigenvalue weighted by Crippen LogP contribution is -2.24. The number of hydrogen-bond acceptors (Lipinski definition) is 4. The third-order valence-electron chi connectivity index (χ3n) is 3.47. The third-order valence-corrected chi connectivity index (χ3v) is 5.60. The summed E-state index contributed by atoms with van der Waals surface area (Å²) in [6.45, 7) is 1.64. The first-order valence-corrected chi connectivity index (χ1v) is 9.07. The van der Waals surface area contributed by atoms with Crippen molar-refractivity contribution >= 4 is 44.3 Å². The second-order valence-electron chi connectivity index (χ2n) is 5.19. The third kappa shape index (κ3) is 3.34. The predicted octanol–water partition coefficient (Wildman–Crippen LogP) is 3.21. The smallest absolute Gasteiger partial charge is 0.408 e. The van der Waals surface area contributed by atoms with Crippen LogP contribution >= 0.6 is 23.2 Å². The number of nitrogens with one attached hydrogen (secondary N) is 2. The molecule has 24 heavy (non-hydrogen) atoms. The number of rotatable bonds is 4. The van der Waals surface area contributed by atoms with E-state index in [2.05, 4.69) is 9.71 Å². The van der Waals surface area contributed by atoms with Crippen molar-refractivity contribution < 1.29 is 12.8 Å². The molecule has 0 radical (unpaired) electrons. The molecule has 126 valence electrons. The van der Waals surface area contributed by atoms with Gasteiger partial charge in [-0.25, -0.2) is 17.9 Å². The van der Waals surface area contributed by atoms with Gasteiger partial charge < -0.3 is 4.42 Å². The van der Waals surface area contributed by atoms with Gasteiger partial charge in [-0.3, -0.25) is 4.98 Å². The lowest BCUT2D eigenvalue weighted by atomic mass is 10.2. The SMILES string of the molecule is Cc1cc2[nH]c(=O)oc2cc1S(=O)(=O)NCc1ccc(Cl)cc1Cl. The Morgan fingerprint density at radius 3 is 2.67 bits per heavy atom. The molecule has 0 atom stereocenters. The van der Waals surface area contributed by atoms with Gasteiger partial charge in [-0.2, -0.15) is 0 Å². The Morgan fingerprint density at radius 1 is 1.21 bits per heavy atom. The standard InChI is InChI=1S/C15H12Cl2N2O4S/c1-8-4-12-13(23-15(20)19-12)6-14(8)24(21,22)18-7-9-2-3-10(16)5-11(9)17/h2-6,18H,7H2,1H3,(H,19,20). The monoisotopic (exact) mass is 386 g/mol. The Labute approximate surface area is 147 Å². The number of halogens is 2. The number of H-pyrrole nitrogens is 1. The molecule has 0 aliphatic carbocycles. The highest BCUT2D eigenvalue weighted by atomic mass is 35.5. The highest BCUT2D eigenvalue weighted by molar-refractivity contribution is 7.89. The van der Waals surface area contributed by atoms with Crippen LogP contribution in [0.1, 0.15) is 11.1 Å². The molecular weight excluding hydrogens is 375 g/mol. The normalized spacial score (nSPS) is 12.0. The van der Waals surface area contributed by atoms with Crippen LogP contribution in [0.2, 0.25) is 10.0 Å². The molecule has 0 saturated carbocycles.